The number of aromatic nitrogens is 2. The summed E-state index contributed by atoms with van der Waals surface area (Å²) in [6.45, 7) is 0.878. The van der Waals surface area contributed by atoms with E-state index in [2.05, 4.69) is 10.2 Å². The van der Waals surface area contributed by atoms with Gasteiger partial charge < -0.3 is 9.84 Å². The molecule has 0 radical (unpaired) electrons. The molecule has 1 heterocycles. The third-order valence-electron chi connectivity index (χ3n) is 3.39. The van der Waals surface area contributed by atoms with Gasteiger partial charge in [0, 0.05) is 13.7 Å². The van der Waals surface area contributed by atoms with E-state index >= 15 is 0 Å². The summed E-state index contributed by atoms with van der Waals surface area (Å²) in [5, 5.41) is 16.5. The van der Waals surface area contributed by atoms with Crippen molar-refractivity contribution in [2.24, 2.45) is 0 Å². The number of methoxy groups -OCH3 is 1. The molecule has 0 spiro atoms. The lowest BCUT2D eigenvalue weighted by molar-refractivity contribution is -0.141. The van der Waals surface area contributed by atoms with Crippen LogP contribution in [0.1, 0.15) is 17.0 Å². The molecular weight excluding hydrogens is 294 g/mol. The van der Waals surface area contributed by atoms with Crippen molar-refractivity contribution in [3.8, 4) is 0 Å². The van der Waals surface area contributed by atoms with Crippen LogP contribution in [0.3, 0.4) is 0 Å². The summed E-state index contributed by atoms with van der Waals surface area (Å²) >= 11 is 0. The van der Waals surface area contributed by atoms with Crippen LogP contribution in [0.25, 0.3) is 6.08 Å². The SMILES string of the molecule is COCc1cc(CN(C)[C@H](/C=C/c2ccccc2)C(=O)O)n[nH]1. The van der Waals surface area contributed by atoms with Crippen LogP contribution in [-0.2, 0) is 22.7 Å². The normalized spacial score (nSPS) is 12.8. The number of H-pyrrole nitrogens is 1. The molecule has 0 fully saturated rings. The van der Waals surface area contributed by atoms with Gasteiger partial charge in [-0.25, -0.2) is 0 Å². The Hall–Kier alpha value is -2.44. The van der Waals surface area contributed by atoms with Gasteiger partial charge in [-0.05, 0) is 18.7 Å². The third-order valence-corrected chi connectivity index (χ3v) is 3.39. The fourth-order valence-corrected chi connectivity index (χ4v) is 2.26. The number of carbonyl (C=O) groups is 1. The zero-order valence-electron chi connectivity index (χ0n) is 13.3. The Morgan fingerprint density at radius 3 is 2.83 bits per heavy atom. The van der Waals surface area contributed by atoms with Crippen LogP contribution in [0, 0.1) is 0 Å². The fraction of sp³-hybridized carbons (Fsp3) is 0.294. The predicted octanol–water partition coefficient (Wildman–Crippen LogP) is 2.15. The largest absolute Gasteiger partial charge is 0.480 e. The molecule has 0 aliphatic carbocycles. The minimum Gasteiger partial charge on any atom is -0.480 e. The molecule has 1 aromatic carbocycles. The van der Waals surface area contributed by atoms with Crippen LogP contribution < -0.4 is 0 Å². The summed E-state index contributed by atoms with van der Waals surface area (Å²) in [5.74, 6) is -0.896. The molecule has 2 N–H and O–H groups in total. The van der Waals surface area contributed by atoms with E-state index in [9.17, 15) is 9.90 Å². The van der Waals surface area contributed by atoms with Crippen LogP contribution >= 0.6 is 0 Å². The van der Waals surface area contributed by atoms with E-state index in [1.54, 1.807) is 25.1 Å². The van der Waals surface area contributed by atoms with Crippen LogP contribution in [0.2, 0.25) is 0 Å². The maximum atomic E-state index is 11.5. The molecule has 1 aromatic heterocycles. The van der Waals surface area contributed by atoms with Gasteiger partial charge in [-0.1, -0.05) is 42.5 Å². The molecule has 6 nitrogen and oxygen atoms in total. The molecule has 23 heavy (non-hydrogen) atoms. The number of aromatic amines is 1. The Morgan fingerprint density at radius 1 is 1.43 bits per heavy atom. The van der Waals surface area contributed by atoms with Crippen molar-refractivity contribution < 1.29 is 14.6 Å². The van der Waals surface area contributed by atoms with Gasteiger partial charge in [0.25, 0.3) is 0 Å². The van der Waals surface area contributed by atoms with E-state index < -0.39 is 12.0 Å². The molecule has 0 amide bonds. The van der Waals surface area contributed by atoms with Crippen molar-refractivity contribution >= 4 is 12.0 Å². The number of hydrogen-bond acceptors (Lipinski definition) is 4. The average molecular weight is 315 g/mol. The van der Waals surface area contributed by atoms with Gasteiger partial charge in [0.15, 0.2) is 0 Å². The standard InChI is InChI=1S/C17H21N3O3/c1-20(11-14-10-15(12-23-2)19-18-14)16(17(21)22)9-8-13-6-4-3-5-7-13/h3-10,16H,11-12H2,1-2H3,(H,18,19)(H,21,22)/b9-8+/t16-/m1/s1. The van der Waals surface area contributed by atoms with E-state index in [1.807, 2.05) is 42.5 Å². The lowest BCUT2D eigenvalue weighted by Gasteiger charge is -2.20. The molecular formula is C17H21N3O3. The molecule has 1 atom stereocenters. The Bertz CT molecular complexity index is 652. The topological polar surface area (TPSA) is 78.4 Å². The van der Waals surface area contributed by atoms with E-state index in [1.165, 1.54) is 0 Å². The summed E-state index contributed by atoms with van der Waals surface area (Å²) in [6, 6.07) is 10.8. The number of likely N-dealkylation sites (N-methyl/N-ethyl adjacent to an activating group) is 1. The minimum absolute atomic E-state index is 0.427. The van der Waals surface area contributed by atoms with Gasteiger partial charge in [-0.3, -0.25) is 14.8 Å². The molecule has 0 aliphatic heterocycles. The fourth-order valence-electron chi connectivity index (χ4n) is 2.26. The monoisotopic (exact) mass is 315 g/mol. The van der Waals surface area contributed by atoms with Gasteiger partial charge >= 0.3 is 5.97 Å². The van der Waals surface area contributed by atoms with E-state index in [-0.39, 0.29) is 0 Å². The van der Waals surface area contributed by atoms with E-state index in [4.69, 9.17) is 4.74 Å². The quantitative estimate of drug-likeness (QED) is 0.780. The number of carboxylic acids is 1. The van der Waals surface area contributed by atoms with Crippen LogP contribution in [-0.4, -0.2) is 46.4 Å². The summed E-state index contributed by atoms with van der Waals surface area (Å²) in [4.78, 5) is 13.2. The highest BCUT2D eigenvalue weighted by Crippen LogP contribution is 2.10. The maximum absolute atomic E-state index is 11.5. The Balaban J connectivity index is 2.04. The third kappa shape index (κ3) is 5.05. The molecule has 2 aromatic rings. The number of nitrogens with zero attached hydrogens (tertiary/aromatic N) is 2. The van der Waals surface area contributed by atoms with E-state index in [0.717, 1.165) is 17.0 Å². The first-order chi connectivity index (χ1) is 11.1. The Morgan fingerprint density at radius 2 is 2.17 bits per heavy atom. The molecule has 0 saturated heterocycles. The first-order valence-corrected chi connectivity index (χ1v) is 7.28. The second-order valence-electron chi connectivity index (χ2n) is 5.29. The molecule has 0 unspecified atom stereocenters. The molecule has 0 bridgehead atoms. The number of rotatable bonds is 8. The lowest BCUT2D eigenvalue weighted by Crippen LogP contribution is -2.36. The number of carboxylic acid groups (broad SMARTS) is 1. The number of nitrogens with one attached hydrogen (secondary N) is 1. The van der Waals surface area contributed by atoms with Crippen molar-refractivity contribution in [3.05, 3.63) is 59.4 Å². The zero-order valence-corrected chi connectivity index (χ0v) is 13.3. The molecule has 2 rings (SSSR count). The van der Waals surface area contributed by atoms with Crippen molar-refractivity contribution in [1.82, 2.24) is 15.1 Å². The van der Waals surface area contributed by atoms with Crippen LogP contribution in [0.5, 0.6) is 0 Å². The predicted molar refractivity (Wildman–Crippen MR) is 87.7 cm³/mol. The van der Waals surface area contributed by atoms with Crippen molar-refractivity contribution in [2.45, 2.75) is 19.2 Å². The lowest BCUT2D eigenvalue weighted by atomic mass is 10.1. The first-order valence-electron chi connectivity index (χ1n) is 7.28. The summed E-state index contributed by atoms with van der Waals surface area (Å²) in [7, 11) is 3.38. The van der Waals surface area contributed by atoms with Gasteiger partial charge in [-0.15, -0.1) is 0 Å². The molecule has 0 aliphatic rings. The molecule has 122 valence electrons. The maximum Gasteiger partial charge on any atom is 0.324 e. The smallest absolute Gasteiger partial charge is 0.324 e. The second kappa shape index (κ2) is 8.26. The van der Waals surface area contributed by atoms with E-state index in [0.29, 0.717) is 13.2 Å². The van der Waals surface area contributed by atoms with Crippen molar-refractivity contribution in [2.75, 3.05) is 14.2 Å². The van der Waals surface area contributed by atoms with Crippen molar-refractivity contribution in [1.29, 1.82) is 0 Å². The van der Waals surface area contributed by atoms with Gasteiger partial charge in [0.2, 0.25) is 0 Å². The second-order valence-corrected chi connectivity index (χ2v) is 5.29. The van der Waals surface area contributed by atoms with Gasteiger partial charge in [0.1, 0.15) is 6.04 Å². The van der Waals surface area contributed by atoms with Crippen LogP contribution in [0.4, 0.5) is 0 Å². The average Bonchev–Trinajstić information content (AvgIpc) is 2.95. The highest BCUT2D eigenvalue weighted by molar-refractivity contribution is 5.77. The highest BCUT2D eigenvalue weighted by Gasteiger charge is 2.20. The van der Waals surface area contributed by atoms with Gasteiger partial charge in [-0.2, -0.15) is 5.10 Å². The van der Waals surface area contributed by atoms with Crippen molar-refractivity contribution in [3.63, 3.8) is 0 Å². The summed E-state index contributed by atoms with van der Waals surface area (Å²) < 4.78 is 5.03. The summed E-state index contributed by atoms with van der Waals surface area (Å²) in [5.41, 5.74) is 2.61. The highest BCUT2D eigenvalue weighted by atomic mass is 16.5. The first kappa shape index (κ1) is 16.9. The van der Waals surface area contributed by atoms with Gasteiger partial charge in [0.05, 0.1) is 18.0 Å². The summed E-state index contributed by atoms with van der Waals surface area (Å²) in [6.07, 6.45) is 3.50. The number of hydrogen-bond donors (Lipinski definition) is 2. The molecule has 0 saturated carbocycles. The van der Waals surface area contributed by atoms with Crippen LogP contribution in [0.15, 0.2) is 42.5 Å². The Labute approximate surface area is 135 Å². The number of ether oxygens (including phenoxy) is 1. The zero-order chi connectivity index (χ0) is 16.7. The minimum atomic E-state index is -0.896. The Kier molecular flexibility index (Phi) is 6.08. The molecule has 6 heteroatoms. The number of benzene rings is 1. The number of aliphatic carboxylic acids is 1.